The average molecular weight is 309 g/mol. The molecule has 0 amide bonds. The zero-order chi connectivity index (χ0) is 15.1. The van der Waals surface area contributed by atoms with E-state index in [4.69, 9.17) is 0 Å². The summed E-state index contributed by atoms with van der Waals surface area (Å²) in [4.78, 5) is 0.351. The maximum atomic E-state index is 12.7. The number of hydrogen-bond donors (Lipinski definition) is 1. The normalized spacial score (nSPS) is 33.8. The van der Waals surface area contributed by atoms with E-state index >= 15 is 0 Å². The van der Waals surface area contributed by atoms with Gasteiger partial charge in [-0.2, -0.15) is 4.31 Å². The van der Waals surface area contributed by atoms with Crippen molar-refractivity contribution < 1.29 is 13.5 Å². The molecular formula is C16H23NO3S. The molecule has 4 nitrogen and oxygen atoms in total. The summed E-state index contributed by atoms with van der Waals surface area (Å²) in [5.74, 6) is 0.372. The van der Waals surface area contributed by atoms with E-state index in [0.717, 1.165) is 19.3 Å². The lowest BCUT2D eigenvalue weighted by molar-refractivity contribution is -0.0605. The van der Waals surface area contributed by atoms with Crippen molar-refractivity contribution in [2.24, 2.45) is 11.8 Å². The Bertz CT molecular complexity index is 601. The Morgan fingerprint density at radius 3 is 2.67 bits per heavy atom. The van der Waals surface area contributed by atoms with Crippen molar-refractivity contribution in [3.63, 3.8) is 0 Å². The number of sulfonamides is 1. The van der Waals surface area contributed by atoms with E-state index in [1.165, 1.54) is 0 Å². The monoisotopic (exact) mass is 309 g/mol. The number of rotatable bonds is 3. The highest BCUT2D eigenvalue weighted by Crippen LogP contribution is 2.45. The van der Waals surface area contributed by atoms with Crippen molar-refractivity contribution >= 4 is 10.0 Å². The van der Waals surface area contributed by atoms with Gasteiger partial charge in [0.05, 0.1) is 10.5 Å². The Labute approximate surface area is 126 Å². The van der Waals surface area contributed by atoms with Gasteiger partial charge in [-0.25, -0.2) is 8.42 Å². The predicted molar refractivity (Wildman–Crippen MR) is 81.3 cm³/mol. The highest BCUT2D eigenvalue weighted by molar-refractivity contribution is 7.89. The van der Waals surface area contributed by atoms with Gasteiger partial charge >= 0.3 is 0 Å². The van der Waals surface area contributed by atoms with Crippen molar-refractivity contribution in [2.75, 3.05) is 13.1 Å². The quantitative estimate of drug-likeness (QED) is 0.931. The molecule has 0 bridgehead atoms. The largest absolute Gasteiger partial charge is 0.390 e. The Balaban J connectivity index is 1.87. The van der Waals surface area contributed by atoms with E-state index < -0.39 is 15.6 Å². The second kappa shape index (κ2) is 5.38. The van der Waals surface area contributed by atoms with E-state index in [2.05, 4.69) is 0 Å². The molecule has 116 valence electrons. The molecule has 1 aliphatic carbocycles. The second-order valence-corrected chi connectivity index (χ2v) is 8.29. The first-order valence-electron chi connectivity index (χ1n) is 7.75. The fraction of sp³-hybridized carbons (Fsp3) is 0.625. The summed E-state index contributed by atoms with van der Waals surface area (Å²) in [7, 11) is -3.43. The van der Waals surface area contributed by atoms with Gasteiger partial charge in [0.15, 0.2) is 0 Å². The first-order valence-corrected chi connectivity index (χ1v) is 9.19. The highest BCUT2D eigenvalue weighted by atomic mass is 32.2. The summed E-state index contributed by atoms with van der Waals surface area (Å²) < 4.78 is 27.0. The van der Waals surface area contributed by atoms with Gasteiger partial charge in [-0.3, -0.25) is 0 Å². The zero-order valence-corrected chi connectivity index (χ0v) is 13.2. The molecule has 21 heavy (non-hydrogen) atoms. The number of fused-ring (bicyclic) bond motifs is 1. The van der Waals surface area contributed by atoms with Crippen LogP contribution in [0.15, 0.2) is 35.2 Å². The molecule has 1 heterocycles. The van der Waals surface area contributed by atoms with Crippen LogP contribution in [-0.4, -0.2) is 36.5 Å². The van der Waals surface area contributed by atoms with Gasteiger partial charge in [-0.1, -0.05) is 31.5 Å². The standard InChI is InChI=1S/C16H23NO3S/c1-2-16(18)10-6-7-13-11-17(12-15(13)16)21(19,20)14-8-4-3-5-9-14/h3-5,8-9,13,15,18H,2,6-7,10-12H2,1H3/t13?,15?,16-/m1/s1. The molecule has 2 fully saturated rings. The molecule has 2 unspecified atom stereocenters. The Kier molecular flexibility index (Phi) is 3.84. The van der Waals surface area contributed by atoms with Crippen LogP contribution in [0.3, 0.4) is 0 Å². The fourth-order valence-electron chi connectivity index (χ4n) is 3.97. The molecular weight excluding hydrogens is 286 g/mol. The summed E-state index contributed by atoms with van der Waals surface area (Å²) >= 11 is 0. The van der Waals surface area contributed by atoms with Crippen molar-refractivity contribution in [1.29, 1.82) is 0 Å². The molecule has 0 radical (unpaired) electrons. The van der Waals surface area contributed by atoms with Crippen LogP contribution in [0.2, 0.25) is 0 Å². The first-order chi connectivity index (χ1) is 9.97. The molecule has 3 rings (SSSR count). The third-order valence-electron chi connectivity index (χ3n) is 5.28. The molecule has 1 saturated heterocycles. The summed E-state index contributed by atoms with van der Waals surface area (Å²) in [5, 5.41) is 10.8. The molecule has 3 atom stereocenters. The van der Waals surface area contributed by atoms with E-state index in [9.17, 15) is 13.5 Å². The number of benzene rings is 1. The lowest BCUT2D eigenvalue weighted by Crippen LogP contribution is -2.44. The Hall–Kier alpha value is -0.910. The lowest BCUT2D eigenvalue weighted by Gasteiger charge is -2.40. The minimum Gasteiger partial charge on any atom is -0.390 e. The summed E-state index contributed by atoms with van der Waals surface area (Å²) in [6.45, 7) is 2.99. The van der Waals surface area contributed by atoms with Crippen LogP contribution < -0.4 is 0 Å². The number of nitrogens with zero attached hydrogens (tertiary/aromatic N) is 1. The van der Waals surface area contributed by atoms with Crippen molar-refractivity contribution in [3.05, 3.63) is 30.3 Å². The van der Waals surface area contributed by atoms with E-state index in [1.807, 2.05) is 13.0 Å². The molecule has 1 N–H and O–H groups in total. The van der Waals surface area contributed by atoms with E-state index in [1.54, 1.807) is 28.6 Å². The minimum absolute atomic E-state index is 0.0785. The lowest BCUT2D eigenvalue weighted by atomic mass is 9.69. The average Bonchev–Trinajstić information content (AvgIpc) is 2.95. The van der Waals surface area contributed by atoms with Crippen LogP contribution >= 0.6 is 0 Å². The van der Waals surface area contributed by atoms with E-state index in [-0.39, 0.29) is 5.92 Å². The molecule has 0 spiro atoms. The van der Waals surface area contributed by atoms with Gasteiger partial charge in [-0.15, -0.1) is 0 Å². The van der Waals surface area contributed by atoms with E-state index in [0.29, 0.717) is 30.3 Å². The maximum Gasteiger partial charge on any atom is 0.243 e. The Morgan fingerprint density at radius 2 is 2.00 bits per heavy atom. The fourth-order valence-corrected chi connectivity index (χ4v) is 5.51. The van der Waals surface area contributed by atoms with Gasteiger partial charge in [0, 0.05) is 19.0 Å². The van der Waals surface area contributed by atoms with Crippen molar-refractivity contribution in [1.82, 2.24) is 4.31 Å². The molecule has 1 aromatic carbocycles. The number of aliphatic hydroxyl groups is 1. The number of hydrogen-bond acceptors (Lipinski definition) is 3. The molecule has 1 aliphatic heterocycles. The van der Waals surface area contributed by atoms with Gasteiger partial charge in [0.1, 0.15) is 0 Å². The molecule has 1 saturated carbocycles. The predicted octanol–water partition coefficient (Wildman–Crippen LogP) is 2.25. The first kappa shape index (κ1) is 15.0. The van der Waals surface area contributed by atoms with Crippen LogP contribution in [0.5, 0.6) is 0 Å². The summed E-state index contributed by atoms with van der Waals surface area (Å²) in [6.07, 6.45) is 3.51. The highest BCUT2D eigenvalue weighted by Gasteiger charge is 2.50. The maximum absolute atomic E-state index is 12.7. The van der Waals surface area contributed by atoms with Crippen LogP contribution in [-0.2, 0) is 10.0 Å². The Morgan fingerprint density at radius 1 is 1.29 bits per heavy atom. The SMILES string of the molecule is CC[C@@]1(O)CCCC2CN(S(=O)(=O)c3ccccc3)CC21. The van der Waals surface area contributed by atoms with Crippen LogP contribution in [0.1, 0.15) is 32.6 Å². The van der Waals surface area contributed by atoms with Crippen LogP contribution in [0.25, 0.3) is 0 Å². The van der Waals surface area contributed by atoms with Gasteiger partial charge in [0.25, 0.3) is 0 Å². The van der Waals surface area contributed by atoms with Gasteiger partial charge in [0.2, 0.25) is 10.0 Å². The van der Waals surface area contributed by atoms with Gasteiger partial charge in [-0.05, 0) is 37.3 Å². The second-order valence-electron chi connectivity index (χ2n) is 6.35. The van der Waals surface area contributed by atoms with Crippen molar-refractivity contribution in [3.8, 4) is 0 Å². The topological polar surface area (TPSA) is 57.6 Å². The van der Waals surface area contributed by atoms with Crippen LogP contribution in [0.4, 0.5) is 0 Å². The third kappa shape index (κ3) is 2.51. The molecule has 0 aromatic heterocycles. The minimum atomic E-state index is -3.43. The molecule has 1 aromatic rings. The third-order valence-corrected chi connectivity index (χ3v) is 7.12. The summed E-state index contributed by atoms with van der Waals surface area (Å²) in [5.41, 5.74) is -0.691. The smallest absolute Gasteiger partial charge is 0.243 e. The van der Waals surface area contributed by atoms with Gasteiger partial charge < -0.3 is 5.11 Å². The van der Waals surface area contributed by atoms with Crippen molar-refractivity contribution in [2.45, 2.75) is 43.1 Å². The molecule has 5 heteroatoms. The van der Waals surface area contributed by atoms with Crippen LogP contribution in [0, 0.1) is 11.8 Å². The zero-order valence-electron chi connectivity index (χ0n) is 12.4. The molecule has 2 aliphatic rings. The summed E-state index contributed by atoms with van der Waals surface area (Å²) in [6, 6.07) is 8.60.